The van der Waals surface area contributed by atoms with Gasteiger partial charge >= 0.3 is 5.97 Å². The quantitative estimate of drug-likeness (QED) is 0.762. The fraction of sp³-hybridized carbons (Fsp3) is 0.385. The zero-order valence-electron chi connectivity index (χ0n) is 10.8. The monoisotopic (exact) mass is 281 g/mol. The number of hydrogen-bond donors (Lipinski definition) is 0. The summed E-state index contributed by atoms with van der Waals surface area (Å²) >= 11 is 0. The molecule has 0 amide bonds. The number of sulfone groups is 1. The number of carbonyl (C=O) groups excluding carboxylic acids is 1. The highest BCUT2D eigenvalue weighted by atomic mass is 32.2. The van der Waals surface area contributed by atoms with Crippen molar-refractivity contribution < 1.29 is 17.9 Å². The second-order valence-electron chi connectivity index (χ2n) is 4.04. The number of benzene rings is 1. The molecule has 0 saturated heterocycles. The molecule has 0 saturated carbocycles. The van der Waals surface area contributed by atoms with Gasteiger partial charge in [0.15, 0.2) is 15.1 Å². The summed E-state index contributed by atoms with van der Waals surface area (Å²) in [6.45, 7) is 1.62. The predicted molar refractivity (Wildman–Crippen MR) is 69.9 cm³/mol. The van der Waals surface area contributed by atoms with Gasteiger partial charge in [0, 0.05) is 0 Å². The van der Waals surface area contributed by atoms with Crippen LogP contribution in [0, 0.1) is 11.3 Å². The molecule has 0 heterocycles. The number of nitrogens with zero attached hydrogens (tertiary/aromatic N) is 1. The Balaban J connectivity index is 2.95. The standard InChI is InChI=1S/C13H15NO4S/c1-3-12(13(15)18-2)19(16,17)9-11-6-4-10(8-14)5-7-11/h4-7,12H,3,9H2,1-2H3. The van der Waals surface area contributed by atoms with Crippen LogP contribution in [0.4, 0.5) is 0 Å². The topological polar surface area (TPSA) is 84.2 Å². The first kappa shape index (κ1) is 15.2. The number of hydrogen-bond acceptors (Lipinski definition) is 5. The highest BCUT2D eigenvalue weighted by molar-refractivity contribution is 7.92. The maximum Gasteiger partial charge on any atom is 0.324 e. The molecule has 6 heteroatoms. The van der Waals surface area contributed by atoms with Gasteiger partial charge in [0.05, 0.1) is 24.5 Å². The molecule has 0 bridgehead atoms. The summed E-state index contributed by atoms with van der Waals surface area (Å²) in [7, 11) is -2.44. The molecule has 0 aliphatic rings. The molecule has 102 valence electrons. The first-order chi connectivity index (χ1) is 8.94. The van der Waals surface area contributed by atoms with E-state index in [4.69, 9.17) is 5.26 Å². The van der Waals surface area contributed by atoms with Crippen molar-refractivity contribution in [2.45, 2.75) is 24.3 Å². The van der Waals surface area contributed by atoms with E-state index in [-0.39, 0.29) is 12.2 Å². The molecule has 1 rings (SSSR count). The Kier molecular flexibility index (Phi) is 5.07. The molecule has 0 radical (unpaired) electrons. The first-order valence-corrected chi connectivity index (χ1v) is 7.44. The van der Waals surface area contributed by atoms with Gasteiger partial charge in [-0.3, -0.25) is 4.79 Å². The van der Waals surface area contributed by atoms with E-state index < -0.39 is 21.1 Å². The lowest BCUT2D eigenvalue weighted by molar-refractivity contribution is -0.140. The molecule has 0 spiro atoms. The van der Waals surface area contributed by atoms with Crippen LogP contribution in [0.25, 0.3) is 0 Å². The van der Waals surface area contributed by atoms with Crippen molar-refractivity contribution in [3.8, 4) is 6.07 Å². The van der Waals surface area contributed by atoms with Crippen molar-refractivity contribution in [2.75, 3.05) is 7.11 Å². The predicted octanol–water partition coefficient (Wildman–Crippen LogP) is 1.42. The average Bonchev–Trinajstić information content (AvgIpc) is 2.39. The Hall–Kier alpha value is -1.87. The summed E-state index contributed by atoms with van der Waals surface area (Å²) in [5, 5.41) is 7.52. The Labute approximate surface area is 112 Å². The summed E-state index contributed by atoms with van der Waals surface area (Å²) in [6, 6.07) is 8.18. The van der Waals surface area contributed by atoms with Gasteiger partial charge in [-0.2, -0.15) is 5.26 Å². The highest BCUT2D eigenvalue weighted by Crippen LogP contribution is 2.15. The zero-order chi connectivity index (χ0) is 14.5. The summed E-state index contributed by atoms with van der Waals surface area (Å²) < 4.78 is 28.7. The van der Waals surface area contributed by atoms with Crippen LogP contribution in [-0.4, -0.2) is 26.7 Å². The highest BCUT2D eigenvalue weighted by Gasteiger charge is 2.31. The van der Waals surface area contributed by atoms with Crippen molar-refractivity contribution in [2.24, 2.45) is 0 Å². The summed E-state index contributed by atoms with van der Waals surface area (Å²) in [4.78, 5) is 11.4. The summed E-state index contributed by atoms with van der Waals surface area (Å²) in [6.07, 6.45) is 0.172. The normalized spacial score (nSPS) is 12.5. The minimum Gasteiger partial charge on any atom is -0.468 e. The van der Waals surface area contributed by atoms with E-state index in [2.05, 4.69) is 4.74 Å². The van der Waals surface area contributed by atoms with E-state index in [9.17, 15) is 13.2 Å². The number of ether oxygens (including phenoxy) is 1. The van der Waals surface area contributed by atoms with E-state index in [1.54, 1.807) is 31.2 Å². The molecule has 0 N–H and O–H groups in total. The van der Waals surface area contributed by atoms with Crippen LogP contribution in [0.1, 0.15) is 24.5 Å². The lowest BCUT2D eigenvalue weighted by Crippen LogP contribution is -2.31. The Morgan fingerprint density at radius 1 is 1.37 bits per heavy atom. The molecule has 5 nitrogen and oxygen atoms in total. The van der Waals surface area contributed by atoms with Gasteiger partial charge in [-0.05, 0) is 24.1 Å². The Bertz CT molecular complexity index is 584. The maximum absolute atomic E-state index is 12.1. The first-order valence-electron chi connectivity index (χ1n) is 5.73. The van der Waals surface area contributed by atoms with Crippen LogP contribution in [0.2, 0.25) is 0 Å². The lowest BCUT2D eigenvalue weighted by Gasteiger charge is -2.13. The van der Waals surface area contributed by atoms with Crippen LogP contribution >= 0.6 is 0 Å². The smallest absolute Gasteiger partial charge is 0.324 e. The average molecular weight is 281 g/mol. The lowest BCUT2D eigenvalue weighted by atomic mass is 10.2. The molecule has 1 aromatic rings. The number of rotatable bonds is 5. The van der Waals surface area contributed by atoms with Crippen molar-refractivity contribution in [3.05, 3.63) is 35.4 Å². The second-order valence-corrected chi connectivity index (χ2v) is 6.22. The third kappa shape index (κ3) is 3.80. The SMILES string of the molecule is CCC(C(=O)OC)S(=O)(=O)Cc1ccc(C#N)cc1. The van der Waals surface area contributed by atoms with Gasteiger partial charge in [0.1, 0.15) is 0 Å². The second kappa shape index (κ2) is 6.34. The van der Waals surface area contributed by atoms with E-state index in [0.717, 1.165) is 0 Å². The Morgan fingerprint density at radius 2 is 1.95 bits per heavy atom. The van der Waals surface area contributed by atoms with E-state index >= 15 is 0 Å². The molecule has 0 fully saturated rings. The zero-order valence-corrected chi connectivity index (χ0v) is 11.6. The van der Waals surface area contributed by atoms with Crippen LogP contribution < -0.4 is 0 Å². The van der Waals surface area contributed by atoms with Crippen molar-refractivity contribution >= 4 is 15.8 Å². The number of carbonyl (C=O) groups is 1. The van der Waals surface area contributed by atoms with Crippen LogP contribution in [0.5, 0.6) is 0 Å². The third-order valence-electron chi connectivity index (χ3n) is 2.72. The van der Waals surface area contributed by atoms with Crippen molar-refractivity contribution in [3.63, 3.8) is 0 Å². The molecule has 0 aromatic heterocycles. The minimum absolute atomic E-state index is 0.172. The van der Waals surface area contributed by atoms with Gasteiger partial charge in [0.2, 0.25) is 0 Å². The number of esters is 1. The molecule has 1 atom stereocenters. The molecule has 1 aromatic carbocycles. The minimum atomic E-state index is -3.61. The number of methoxy groups -OCH3 is 1. The third-order valence-corrected chi connectivity index (χ3v) is 4.85. The van der Waals surface area contributed by atoms with Crippen LogP contribution in [0.3, 0.4) is 0 Å². The Morgan fingerprint density at radius 3 is 2.37 bits per heavy atom. The maximum atomic E-state index is 12.1. The van der Waals surface area contributed by atoms with Gasteiger partial charge in [-0.1, -0.05) is 19.1 Å². The fourth-order valence-electron chi connectivity index (χ4n) is 1.71. The molecule has 0 aliphatic carbocycles. The summed E-state index contributed by atoms with van der Waals surface area (Å²) in [5.41, 5.74) is 1.00. The van der Waals surface area contributed by atoms with Crippen LogP contribution in [-0.2, 0) is 25.1 Å². The molecule has 0 aliphatic heterocycles. The number of nitriles is 1. The van der Waals surface area contributed by atoms with E-state index in [0.29, 0.717) is 11.1 Å². The largest absolute Gasteiger partial charge is 0.468 e. The molecule has 19 heavy (non-hydrogen) atoms. The fourth-order valence-corrected chi connectivity index (χ4v) is 3.46. The van der Waals surface area contributed by atoms with Gasteiger partial charge in [0.25, 0.3) is 0 Å². The van der Waals surface area contributed by atoms with Gasteiger partial charge < -0.3 is 4.74 Å². The van der Waals surface area contributed by atoms with Gasteiger partial charge in [-0.15, -0.1) is 0 Å². The molecular formula is C13H15NO4S. The van der Waals surface area contributed by atoms with Gasteiger partial charge in [-0.25, -0.2) is 8.42 Å². The van der Waals surface area contributed by atoms with Crippen LogP contribution in [0.15, 0.2) is 24.3 Å². The van der Waals surface area contributed by atoms with Crippen molar-refractivity contribution in [1.82, 2.24) is 0 Å². The van der Waals surface area contributed by atoms with E-state index in [1.807, 2.05) is 6.07 Å². The van der Waals surface area contributed by atoms with Crippen molar-refractivity contribution in [1.29, 1.82) is 5.26 Å². The summed E-state index contributed by atoms with van der Waals surface area (Å²) in [5.74, 6) is -0.983. The molecule has 1 unspecified atom stereocenters. The molecular weight excluding hydrogens is 266 g/mol. The van der Waals surface area contributed by atoms with E-state index in [1.165, 1.54) is 7.11 Å².